The maximum Gasteiger partial charge on any atom is 0.0974 e. The van der Waals surface area contributed by atoms with Crippen LogP contribution in [-0.2, 0) is 11.2 Å². The summed E-state index contributed by atoms with van der Waals surface area (Å²) in [7, 11) is 4.50. The molecule has 0 amide bonds. The van der Waals surface area contributed by atoms with Gasteiger partial charge in [0.1, 0.15) is 0 Å². The molecule has 31 heavy (non-hydrogen) atoms. The number of hydrogen-bond donors (Lipinski definition) is 0. The Morgan fingerprint density at radius 3 is 2.71 bits per heavy atom. The molecule has 5 aliphatic rings. The largest absolute Gasteiger partial charge is 0.359 e. The number of aryl methyl sites for hydroxylation is 1. The lowest BCUT2D eigenvalue weighted by atomic mass is 9.58. The van der Waals surface area contributed by atoms with Crippen LogP contribution in [0.3, 0.4) is 0 Å². The summed E-state index contributed by atoms with van der Waals surface area (Å²) in [4.78, 5) is 2.44. The molecule has 0 N–H and O–H groups in total. The highest BCUT2D eigenvalue weighted by atomic mass is 16.5. The van der Waals surface area contributed by atoms with E-state index in [0.29, 0.717) is 17.4 Å². The molecule has 3 fully saturated rings. The summed E-state index contributed by atoms with van der Waals surface area (Å²) in [5.41, 5.74) is 5.11. The van der Waals surface area contributed by atoms with Crippen molar-refractivity contribution >= 4 is 0 Å². The first kappa shape index (κ1) is 20.2. The molecule has 2 heteroatoms. The molecule has 2 saturated carbocycles. The number of rotatable bonds is 4. The van der Waals surface area contributed by atoms with Crippen molar-refractivity contribution in [1.29, 1.82) is 0 Å². The summed E-state index contributed by atoms with van der Waals surface area (Å²) in [5.74, 6) is 1.51. The predicted octanol–water partition coefficient (Wildman–Crippen LogP) is 6.32. The molecule has 0 radical (unpaired) electrons. The monoisotopic (exact) mass is 417 g/mol. The van der Waals surface area contributed by atoms with Gasteiger partial charge in [0.15, 0.2) is 0 Å². The van der Waals surface area contributed by atoms with E-state index in [1.807, 2.05) is 0 Å². The second-order valence-corrected chi connectivity index (χ2v) is 11.7. The predicted molar refractivity (Wildman–Crippen MR) is 127 cm³/mol. The van der Waals surface area contributed by atoms with Gasteiger partial charge in [-0.2, -0.15) is 0 Å². The first-order valence-corrected chi connectivity index (χ1v) is 12.8. The molecule has 0 aromatic heterocycles. The number of allylic oxidation sites excluding steroid dienone is 1. The van der Waals surface area contributed by atoms with Gasteiger partial charge in [0.2, 0.25) is 0 Å². The second-order valence-electron chi connectivity index (χ2n) is 11.7. The summed E-state index contributed by atoms with van der Waals surface area (Å²) in [6, 6.07) is 11.8. The Morgan fingerprint density at radius 1 is 1.06 bits per heavy atom. The topological polar surface area (TPSA) is 12.5 Å². The molecular formula is C29H39NO. The maximum atomic E-state index is 7.39. The van der Waals surface area contributed by atoms with Crippen LogP contribution in [0.4, 0.5) is 0 Å². The third-order valence-corrected chi connectivity index (χ3v) is 10.2. The van der Waals surface area contributed by atoms with E-state index in [9.17, 15) is 0 Å². The highest BCUT2D eigenvalue weighted by Gasteiger charge is 2.66. The van der Waals surface area contributed by atoms with Crippen LogP contribution in [-0.4, -0.2) is 36.2 Å². The van der Waals surface area contributed by atoms with Crippen molar-refractivity contribution in [3.05, 3.63) is 59.2 Å². The lowest BCUT2D eigenvalue weighted by Gasteiger charge is -2.54. The summed E-state index contributed by atoms with van der Waals surface area (Å²) < 4.78 is 7.39. The Balaban J connectivity index is 1.29. The number of ether oxygens (including phenoxy) is 1. The molecule has 166 valence electrons. The third kappa shape index (κ3) is 2.90. The minimum absolute atomic E-state index is 0.00615. The molecule has 1 saturated heterocycles. The van der Waals surface area contributed by atoms with E-state index in [1.165, 1.54) is 69.8 Å². The summed E-state index contributed by atoms with van der Waals surface area (Å²) >= 11 is 0. The molecule has 2 heterocycles. The van der Waals surface area contributed by atoms with Gasteiger partial charge >= 0.3 is 0 Å². The van der Waals surface area contributed by atoms with Crippen LogP contribution in [0.25, 0.3) is 0 Å². The molecule has 6 atom stereocenters. The van der Waals surface area contributed by atoms with E-state index in [4.69, 9.17) is 4.74 Å². The van der Waals surface area contributed by atoms with Gasteiger partial charge < -0.3 is 9.64 Å². The first-order chi connectivity index (χ1) is 15.0. The van der Waals surface area contributed by atoms with Gasteiger partial charge in [-0.15, -0.1) is 0 Å². The molecule has 1 aromatic rings. The van der Waals surface area contributed by atoms with Gasteiger partial charge in [-0.25, -0.2) is 0 Å². The van der Waals surface area contributed by atoms with E-state index in [1.54, 1.807) is 11.1 Å². The Kier molecular flexibility index (Phi) is 4.61. The molecule has 2 unspecified atom stereocenters. The zero-order chi connectivity index (χ0) is 21.3. The van der Waals surface area contributed by atoms with Gasteiger partial charge in [0.25, 0.3) is 0 Å². The average Bonchev–Trinajstić information content (AvgIpc) is 3.27. The van der Waals surface area contributed by atoms with Crippen LogP contribution >= 0.6 is 0 Å². The Hall–Kier alpha value is -1.38. The SMILES string of the molecule is CN(C)[C@@H]1CCC2=CC3=CC[C@]4(C)C(CCc5ccccc5)CC[C@H]4C34CC[C@]2(C1)O4. The van der Waals surface area contributed by atoms with Crippen LogP contribution in [0.2, 0.25) is 0 Å². The van der Waals surface area contributed by atoms with Crippen LogP contribution in [0, 0.1) is 17.3 Å². The number of nitrogens with zero attached hydrogens (tertiary/aromatic N) is 1. The fraction of sp³-hybridized carbons (Fsp3) is 0.655. The average molecular weight is 418 g/mol. The van der Waals surface area contributed by atoms with Crippen molar-refractivity contribution in [2.24, 2.45) is 17.3 Å². The third-order valence-electron chi connectivity index (χ3n) is 10.2. The highest BCUT2D eigenvalue weighted by molar-refractivity contribution is 5.47. The van der Waals surface area contributed by atoms with E-state index in [2.05, 4.69) is 68.4 Å². The zero-order valence-electron chi connectivity index (χ0n) is 19.7. The minimum atomic E-state index is 0.00615. The van der Waals surface area contributed by atoms with E-state index >= 15 is 0 Å². The molecule has 6 rings (SSSR count). The van der Waals surface area contributed by atoms with Gasteiger partial charge in [-0.3, -0.25) is 0 Å². The van der Waals surface area contributed by atoms with Crippen molar-refractivity contribution in [2.75, 3.05) is 14.1 Å². The quantitative estimate of drug-likeness (QED) is 0.568. The molecule has 1 aromatic carbocycles. The van der Waals surface area contributed by atoms with Crippen LogP contribution < -0.4 is 0 Å². The fourth-order valence-corrected chi connectivity index (χ4v) is 8.38. The molecule has 2 spiro atoms. The van der Waals surface area contributed by atoms with Crippen LogP contribution in [0.1, 0.15) is 70.3 Å². The van der Waals surface area contributed by atoms with Crippen molar-refractivity contribution < 1.29 is 4.74 Å². The van der Waals surface area contributed by atoms with Crippen molar-refractivity contribution in [3.8, 4) is 0 Å². The second kappa shape index (κ2) is 7.06. The lowest BCUT2D eigenvalue weighted by Crippen LogP contribution is -2.55. The molecule has 2 bridgehead atoms. The van der Waals surface area contributed by atoms with Crippen LogP contribution in [0.15, 0.2) is 53.6 Å². The first-order valence-electron chi connectivity index (χ1n) is 12.8. The van der Waals surface area contributed by atoms with E-state index in [0.717, 1.165) is 5.92 Å². The molecule has 2 nitrogen and oxygen atoms in total. The number of benzene rings is 1. The van der Waals surface area contributed by atoms with Crippen molar-refractivity contribution in [3.63, 3.8) is 0 Å². The van der Waals surface area contributed by atoms with Gasteiger partial charge in [-0.05, 0) is 112 Å². The Morgan fingerprint density at radius 2 is 1.90 bits per heavy atom. The standard InChI is InChI=1S/C29H39NO/c1-27-16-15-24-19-23-11-13-25(30(2)3)20-28(23)17-18-29(24,31-28)26(27)14-12-22(27)10-9-21-7-5-4-6-8-21/h4-8,15,19,22,25-26H,9-14,16-18,20H2,1-3H3/t22?,25-,26-,27-,28-,29?/m1/s1. The van der Waals surface area contributed by atoms with Gasteiger partial charge in [-0.1, -0.05) is 49.4 Å². The maximum absolute atomic E-state index is 7.39. The lowest BCUT2D eigenvalue weighted by molar-refractivity contribution is -0.142. The molecule has 3 aliphatic carbocycles. The molecule has 2 aliphatic heterocycles. The summed E-state index contributed by atoms with van der Waals surface area (Å²) in [6.07, 6.45) is 17.9. The van der Waals surface area contributed by atoms with Crippen LogP contribution in [0.5, 0.6) is 0 Å². The number of fused-ring (bicyclic) bond motifs is 1. The van der Waals surface area contributed by atoms with Crippen molar-refractivity contribution in [2.45, 2.75) is 88.4 Å². The summed E-state index contributed by atoms with van der Waals surface area (Å²) in [6.45, 7) is 2.61. The van der Waals surface area contributed by atoms with E-state index < -0.39 is 0 Å². The zero-order valence-corrected chi connectivity index (χ0v) is 19.7. The summed E-state index contributed by atoms with van der Waals surface area (Å²) in [5, 5.41) is 0. The Bertz CT molecular complexity index is 916. The fourth-order valence-electron chi connectivity index (χ4n) is 8.38. The molecular weight excluding hydrogens is 378 g/mol. The normalized spacial score (nSPS) is 43.2. The van der Waals surface area contributed by atoms with Gasteiger partial charge in [0.05, 0.1) is 11.2 Å². The number of hydrogen-bond acceptors (Lipinski definition) is 2. The minimum Gasteiger partial charge on any atom is -0.359 e. The van der Waals surface area contributed by atoms with Gasteiger partial charge in [0, 0.05) is 6.04 Å². The Labute approximate surface area is 188 Å². The highest BCUT2D eigenvalue weighted by Crippen LogP contribution is 2.68. The van der Waals surface area contributed by atoms with Crippen molar-refractivity contribution in [1.82, 2.24) is 4.90 Å². The smallest absolute Gasteiger partial charge is 0.0974 e. The van der Waals surface area contributed by atoms with E-state index in [-0.39, 0.29) is 11.2 Å².